The highest BCUT2D eigenvalue weighted by Gasteiger charge is 2.40. The van der Waals surface area contributed by atoms with E-state index in [1.54, 1.807) is 0 Å². The second-order valence-corrected chi connectivity index (χ2v) is 4.69. The van der Waals surface area contributed by atoms with E-state index in [1.807, 2.05) is 0 Å². The summed E-state index contributed by atoms with van der Waals surface area (Å²) in [6.45, 7) is 0. The molecule has 0 radical (unpaired) electrons. The summed E-state index contributed by atoms with van der Waals surface area (Å²) in [6, 6.07) is 7.51. The molecule has 2 aliphatic rings. The summed E-state index contributed by atoms with van der Waals surface area (Å²) in [5, 5.41) is 3.58. The molecule has 1 aliphatic carbocycles. The van der Waals surface area contributed by atoms with Crippen molar-refractivity contribution >= 4 is 11.4 Å². The molecule has 2 nitrogen and oxygen atoms in total. The predicted molar refractivity (Wildman–Crippen MR) is 60.0 cm³/mol. The van der Waals surface area contributed by atoms with Crippen LogP contribution in [0.1, 0.15) is 12.0 Å². The molecule has 1 aliphatic heterocycles. The number of hydrogen-bond donors (Lipinski definition) is 1. The molecule has 2 atom stereocenters. The molecule has 74 valence electrons. The van der Waals surface area contributed by atoms with Crippen molar-refractivity contribution in [3.8, 4) is 0 Å². The summed E-state index contributed by atoms with van der Waals surface area (Å²) >= 11 is 0. The number of nitrogens with zero attached hydrogens (tertiary/aromatic N) is 1. The minimum atomic E-state index is 0.785. The lowest BCUT2D eigenvalue weighted by Gasteiger charge is -2.20. The molecule has 0 amide bonds. The van der Waals surface area contributed by atoms with Crippen LogP contribution in [0.2, 0.25) is 0 Å². The standard InChI is InChI=1S/C12H16N2/c1-14(2)10-3-4-11-8(6-10)5-9-7-12(9)13-11/h3-4,6,9,12-13H,5,7H2,1-2H3. The van der Waals surface area contributed by atoms with E-state index in [4.69, 9.17) is 0 Å². The second-order valence-electron chi connectivity index (χ2n) is 4.69. The largest absolute Gasteiger partial charge is 0.382 e. The lowest BCUT2D eigenvalue weighted by molar-refractivity contribution is 0.780. The summed E-state index contributed by atoms with van der Waals surface area (Å²) in [4.78, 5) is 2.17. The van der Waals surface area contributed by atoms with Crippen molar-refractivity contribution < 1.29 is 0 Å². The third kappa shape index (κ3) is 1.17. The van der Waals surface area contributed by atoms with E-state index in [2.05, 4.69) is 42.5 Å². The Morgan fingerprint density at radius 3 is 3.00 bits per heavy atom. The van der Waals surface area contributed by atoms with Crippen LogP contribution in [0.4, 0.5) is 11.4 Å². The fourth-order valence-electron chi connectivity index (χ4n) is 2.30. The van der Waals surface area contributed by atoms with Gasteiger partial charge in [0.05, 0.1) is 0 Å². The van der Waals surface area contributed by atoms with E-state index in [9.17, 15) is 0 Å². The first kappa shape index (κ1) is 8.16. The molecule has 0 bridgehead atoms. The average Bonchev–Trinajstić information content (AvgIpc) is 2.90. The van der Waals surface area contributed by atoms with Gasteiger partial charge in [-0.05, 0) is 42.5 Å². The normalized spacial score (nSPS) is 27.3. The molecular formula is C12H16N2. The fraction of sp³-hybridized carbons (Fsp3) is 0.500. The summed E-state index contributed by atoms with van der Waals surface area (Å²) < 4.78 is 0. The van der Waals surface area contributed by atoms with Crippen molar-refractivity contribution in [2.24, 2.45) is 5.92 Å². The van der Waals surface area contributed by atoms with Gasteiger partial charge in [0.15, 0.2) is 0 Å². The van der Waals surface area contributed by atoms with Crippen LogP contribution in [0.15, 0.2) is 18.2 Å². The van der Waals surface area contributed by atoms with Crippen LogP contribution in [-0.2, 0) is 6.42 Å². The molecule has 1 saturated carbocycles. The van der Waals surface area contributed by atoms with Gasteiger partial charge in [-0.3, -0.25) is 0 Å². The van der Waals surface area contributed by atoms with Gasteiger partial charge in [0.1, 0.15) is 0 Å². The third-order valence-corrected chi connectivity index (χ3v) is 3.35. The van der Waals surface area contributed by atoms with Crippen molar-refractivity contribution in [1.29, 1.82) is 0 Å². The van der Waals surface area contributed by atoms with Crippen molar-refractivity contribution in [2.75, 3.05) is 24.3 Å². The van der Waals surface area contributed by atoms with Gasteiger partial charge in [0.2, 0.25) is 0 Å². The fourth-order valence-corrected chi connectivity index (χ4v) is 2.30. The number of nitrogens with one attached hydrogen (secondary N) is 1. The summed E-state index contributed by atoms with van der Waals surface area (Å²) in [7, 11) is 4.19. The molecule has 0 aromatic heterocycles. The lowest BCUT2D eigenvalue weighted by atomic mass is 10.0. The highest BCUT2D eigenvalue weighted by molar-refractivity contribution is 5.63. The highest BCUT2D eigenvalue weighted by atomic mass is 15.1. The van der Waals surface area contributed by atoms with Crippen LogP contribution in [0.3, 0.4) is 0 Å². The van der Waals surface area contributed by atoms with Gasteiger partial charge < -0.3 is 10.2 Å². The van der Waals surface area contributed by atoms with Crippen LogP contribution < -0.4 is 10.2 Å². The lowest BCUT2D eigenvalue weighted by Crippen LogP contribution is -2.15. The molecule has 3 rings (SSSR count). The first-order valence-electron chi connectivity index (χ1n) is 5.31. The Kier molecular flexibility index (Phi) is 1.55. The topological polar surface area (TPSA) is 15.3 Å². The quantitative estimate of drug-likeness (QED) is 0.726. The first-order valence-corrected chi connectivity index (χ1v) is 5.31. The minimum absolute atomic E-state index is 0.785. The Morgan fingerprint density at radius 2 is 2.21 bits per heavy atom. The van der Waals surface area contributed by atoms with E-state index in [1.165, 1.54) is 29.8 Å². The van der Waals surface area contributed by atoms with Gasteiger partial charge in [-0.2, -0.15) is 0 Å². The molecule has 1 aromatic carbocycles. The zero-order valence-electron chi connectivity index (χ0n) is 8.75. The number of hydrogen-bond acceptors (Lipinski definition) is 2. The highest BCUT2D eigenvalue weighted by Crippen LogP contribution is 2.43. The number of rotatable bonds is 1. The average molecular weight is 188 g/mol. The number of benzene rings is 1. The Bertz CT molecular complexity index is 371. The SMILES string of the molecule is CN(C)c1ccc2c(c1)CC1CC1N2. The Morgan fingerprint density at radius 1 is 1.36 bits per heavy atom. The molecule has 14 heavy (non-hydrogen) atoms. The predicted octanol–water partition coefficient (Wildman–Crippen LogP) is 2.11. The molecule has 1 N–H and O–H groups in total. The third-order valence-electron chi connectivity index (χ3n) is 3.35. The van der Waals surface area contributed by atoms with Gasteiger partial charge in [-0.15, -0.1) is 0 Å². The van der Waals surface area contributed by atoms with E-state index in [0.29, 0.717) is 0 Å². The molecule has 2 unspecified atom stereocenters. The Balaban J connectivity index is 1.98. The van der Waals surface area contributed by atoms with Crippen LogP contribution in [-0.4, -0.2) is 20.1 Å². The number of anilines is 2. The van der Waals surface area contributed by atoms with Crippen molar-refractivity contribution in [3.63, 3.8) is 0 Å². The maximum absolute atomic E-state index is 3.58. The number of fused-ring (bicyclic) bond motifs is 2. The van der Waals surface area contributed by atoms with Gasteiger partial charge in [0, 0.05) is 31.5 Å². The van der Waals surface area contributed by atoms with Crippen molar-refractivity contribution in [1.82, 2.24) is 0 Å². The van der Waals surface area contributed by atoms with Crippen LogP contribution in [0, 0.1) is 5.92 Å². The van der Waals surface area contributed by atoms with E-state index < -0.39 is 0 Å². The van der Waals surface area contributed by atoms with Crippen LogP contribution in [0.25, 0.3) is 0 Å². The molecule has 0 spiro atoms. The monoisotopic (exact) mass is 188 g/mol. The van der Waals surface area contributed by atoms with Gasteiger partial charge in [-0.1, -0.05) is 0 Å². The van der Waals surface area contributed by atoms with Gasteiger partial charge in [0.25, 0.3) is 0 Å². The molecule has 0 saturated heterocycles. The van der Waals surface area contributed by atoms with Gasteiger partial charge >= 0.3 is 0 Å². The first-order chi connectivity index (χ1) is 6.74. The second kappa shape index (κ2) is 2.66. The Hall–Kier alpha value is -1.18. The summed E-state index contributed by atoms with van der Waals surface area (Å²) in [5.41, 5.74) is 4.16. The van der Waals surface area contributed by atoms with E-state index >= 15 is 0 Å². The van der Waals surface area contributed by atoms with E-state index in [0.717, 1.165) is 12.0 Å². The molecule has 2 heteroatoms. The van der Waals surface area contributed by atoms with Crippen LogP contribution in [0.5, 0.6) is 0 Å². The van der Waals surface area contributed by atoms with E-state index in [-0.39, 0.29) is 0 Å². The maximum atomic E-state index is 3.58. The maximum Gasteiger partial charge on any atom is 0.0376 e. The molecule has 1 aromatic rings. The molecule has 1 heterocycles. The van der Waals surface area contributed by atoms with Crippen molar-refractivity contribution in [2.45, 2.75) is 18.9 Å². The zero-order chi connectivity index (χ0) is 9.71. The summed E-state index contributed by atoms with van der Waals surface area (Å²) in [5.74, 6) is 0.917. The minimum Gasteiger partial charge on any atom is -0.382 e. The summed E-state index contributed by atoms with van der Waals surface area (Å²) in [6.07, 6.45) is 2.64. The molecule has 1 fully saturated rings. The smallest absolute Gasteiger partial charge is 0.0376 e. The Labute approximate surface area is 84.9 Å². The van der Waals surface area contributed by atoms with Gasteiger partial charge in [-0.25, -0.2) is 0 Å². The van der Waals surface area contributed by atoms with Crippen molar-refractivity contribution in [3.05, 3.63) is 23.8 Å². The molecular weight excluding hydrogens is 172 g/mol. The van der Waals surface area contributed by atoms with Crippen LogP contribution >= 0.6 is 0 Å². The zero-order valence-corrected chi connectivity index (χ0v) is 8.75.